The third kappa shape index (κ3) is 5.54. The van der Waals surface area contributed by atoms with E-state index in [0.717, 1.165) is 0 Å². The Morgan fingerprint density at radius 2 is 2.11 bits per heavy atom. The van der Waals surface area contributed by atoms with Gasteiger partial charge in [-0.05, 0) is 37.6 Å². The van der Waals surface area contributed by atoms with Crippen molar-refractivity contribution in [3.8, 4) is 0 Å². The third-order valence-electron chi connectivity index (χ3n) is 2.07. The van der Waals surface area contributed by atoms with Gasteiger partial charge in [0.05, 0.1) is 5.60 Å². The summed E-state index contributed by atoms with van der Waals surface area (Å²) in [7, 11) is 0. The quantitative estimate of drug-likeness (QED) is 0.837. The van der Waals surface area contributed by atoms with Crippen molar-refractivity contribution in [3.05, 3.63) is 39.9 Å². The molecule has 0 radical (unpaired) electrons. The van der Waals surface area contributed by atoms with Crippen LogP contribution in [-0.4, -0.2) is 23.2 Å². The highest BCUT2D eigenvalue weighted by molar-refractivity contribution is 6.35. The minimum atomic E-state index is -0.929. The molecule has 0 unspecified atom stereocenters. The lowest BCUT2D eigenvalue weighted by Crippen LogP contribution is -2.37. The van der Waals surface area contributed by atoms with Crippen molar-refractivity contribution in [1.29, 1.82) is 0 Å². The molecule has 0 heterocycles. The minimum absolute atomic E-state index is 0.185. The van der Waals surface area contributed by atoms with Crippen LogP contribution in [0.3, 0.4) is 0 Å². The van der Waals surface area contributed by atoms with Crippen LogP contribution in [0, 0.1) is 0 Å². The molecular formula is C13H15Cl2NO2. The van der Waals surface area contributed by atoms with Gasteiger partial charge in [0.25, 0.3) is 0 Å². The van der Waals surface area contributed by atoms with E-state index in [2.05, 4.69) is 5.32 Å². The summed E-state index contributed by atoms with van der Waals surface area (Å²) >= 11 is 11.7. The summed E-state index contributed by atoms with van der Waals surface area (Å²) in [6, 6.07) is 5.03. The summed E-state index contributed by atoms with van der Waals surface area (Å²) in [6.45, 7) is 3.42. The second-order valence-corrected chi connectivity index (χ2v) is 5.37. The van der Waals surface area contributed by atoms with Crippen LogP contribution < -0.4 is 5.32 Å². The van der Waals surface area contributed by atoms with Crippen molar-refractivity contribution in [2.75, 3.05) is 6.54 Å². The van der Waals surface area contributed by atoms with E-state index in [-0.39, 0.29) is 12.5 Å². The monoisotopic (exact) mass is 287 g/mol. The Morgan fingerprint density at radius 3 is 2.67 bits per heavy atom. The summed E-state index contributed by atoms with van der Waals surface area (Å²) < 4.78 is 0. The van der Waals surface area contributed by atoms with Gasteiger partial charge in [-0.15, -0.1) is 0 Å². The van der Waals surface area contributed by atoms with E-state index in [1.807, 2.05) is 0 Å². The second-order valence-electron chi connectivity index (χ2n) is 4.53. The van der Waals surface area contributed by atoms with Crippen molar-refractivity contribution >= 4 is 35.2 Å². The van der Waals surface area contributed by atoms with E-state index in [0.29, 0.717) is 15.6 Å². The highest BCUT2D eigenvalue weighted by atomic mass is 35.5. The van der Waals surface area contributed by atoms with Crippen molar-refractivity contribution in [3.63, 3.8) is 0 Å². The van der Waals surface area contributed by atoms with Crippen LogP contribution in [0.2, 0.25) is 10.0 Å². The molecule has 0 fully saturated rings. The third-order valence-corrected chi connectivity index (χ3v) is 2.63. The Balaban J connectivity index is 2.61. The fourth-order valence-corrected chi connectivity index (χ4v) is 1.64. The first kappa shape index (κ1) is 15.0. The molecule has 0 aliphatic carbocycles. The summed E-state index contributed by atoms with van der Waals surface area (Å²) in [5.41, 5.74) is -0.221. The minimum Gasteiger partial charge on any atom is -0.389 e. The Labute approximate surface area is 116 Å². The molecule has 2 N–H and O–H groups in total. The van der Waals surface area contributed by atoms with Gasteiger partial charge in [0.1, 0.15) is 0 Å². The average molecular weight is 288 g/mol. The van der Waals surface area contributed by atoms with Gasteiger partial charge in [0.15, 0.2) is 0 Å². The van der Waals surface area contributed by atoms with Crippen LogP contribution in [0.4, 0.5) is 0 Å². The van der Waals surface area contributed by atoms with Gasteiger partial charge in [-0.25, -0.2) is 0 Å². The number of carbonyl (C=O) groups excluding carboxylic acids is 1. The topological polar surface area (TPSA) is 49.3 Å². The van der Waals surface area contributed by atoms with E-state index < -0.39 is 5.60 Å². The molecule has 0 aliphatic heterocycles. The summed E-state index contributed by atoms with van der Waals surface area (Å²) in [6.07, 6.45) is 2.96. The fraction of sp³-hybridized carbons (Fsp3) is 0.308. The van der Waals surface area contributed by atoms with Crippen molar-refractivity contribution in [1.82, 2.24) is 5.32 Å². The number of aliphatic hydroxyl groups is 1. The normalized spacial score (nSPS) is 11.8. The largest absolute Gasteiger partial charge is 0.389 e. The molecule has 0 saturated heterocycles. The molecule has 5 heteroatoms. The zero-order chi connectivity index (χ0) is 13.8. The molecule has 18 heavy (non-hydrogen) atoms. The first-order chi connectivity index (χ1) is 8.28. The lowest BCUT2D eigenvalue weighted by Gasteiger charge is -2.16. The molecule has 1 aromatic carbocycles. The Morgan fingerprint density at radius 1 is 1.44 bits per heavy atom. The van der Waals surface area contributed by atoms with E-state index in [1.165, 1.54) is 6.08 Å². The fourth-order valence-electron chi connectivity index (χ4n) is 1.16. The summed E-state index contributed by atoms with van der Waals surface area (Å²) in [5, 5.41) is 13.1. The van der Waals surface area contributed by atoms with Crippen molar-refractivity contribution < 1.29 is 9.90 Å². The molecule has 3 nitrogen and oxygen atoms in total. The van der Waals surface area contributed by atoms with Gasteiger partial charge < -0.3 is 10.4 Å². The highest BCUT2D eigenvalue weighted by Crippen LogP contribution is 2.21. The summed E-state index contributed by atoms with van der Waals surface area (Å²) in [4.78, 5) is 11.5. The predicted octanol–water partition coefficient (Wildman–Crippen LogP) is 2.89. The molecule has 1 amide bonds. The second kappa shape index (κ2) is 6.23. The van der Waals surface area contributed by atoms with E-state index in [1.54, 1.807) is 38.1 Å². The van der Waals surface area contributed by atoms with Crippen LogP contribution in [0.25, 0.3) is 6.08 Å². The zero-order valence-corrected chi connectivity index (χ0v) is 11.7. The van der Waals surface area contributed by atoms with Crippen LogP contribution in [0.1, 0.15) is 19.4 Å². The highest BCUT2D eigenvalue weighted by Gasteiger charge is 2.12. The first-order valence-electron chi connectivity index (χ1n) is 5.41. The number of benzene rings is 1. The average Bonchev–Trinajstić information content (AvgIpc) is 2.24. The Kier molecular flexibility index (Phi) is 5.20. The molecular weight excluding hydrogens is 273 g/mol. The van der Waals surface area contributed by atoms with Crippen molar-refractivity contribution in [2.45, 2.75) is 19.4 Å². The maximum absolute atomic E-state index is 11.5. The van der Waals surface area contributed by atoms with E-state index in [4.69, 9.17) is 23.2 Å². The van der Waals surface area contributed by atoms with Crippen LogP contribution >= 0.6 is 23.2 Å². The number of rotatable bonds is 4. The number of nitrogens with one attached hydrogen (secondary N) is 1. The van der Waals surface area contributed by atoms with Gasteiger partial charge in [-0.3, -0.25) is 4.79 Å². The molecule has 0 aliphatic rings. The molecule has 98 valence electrons. The Hall–Kier alpha value is -1.03. The smallest absolute Gasteiger partial charge is 0.244 e. The standard InChI is InChI=1S/C13H15Cl2NO2/c1-13(2,18)8-16-12(17)6-4-9-3-5-10(14)7-11(9)15/h3-7,18H,8H2,1-2H3,(H,16,17). The van der Waals surface area contributed by atoms with Gasteiger partial charge in [-0.2, -0.15) is 0 Å². The van der Waals surface area contributed by atoms with E-state index >= 15 is 0 Å². The van der Waals surface area contributed by atoms with Crippen LogP contribution in [-0.2, 0) is 4.79 Å². The van der Waals surface area contributed by atoms with Gasteiger partial charge in [0, 0.05) is 22.7 Å². The molecule has 0 aromatic heterocycles. The lowest BCUT2D eigenvalue weighted by atomic mass is 10.1. The molecule has 0 spiro atoms. The van der Waals surface area contributed by atoms with Gasteiger partial charge in [0.2, 0.25) is 5.91 Å². The number of hydrogen-bond donors (Lipinski definition) is 2. The molecule has 1 aromatic rings. The lowest BCUT2D eigenvalue weighted by molar-refractivity contribution is -0.117. The first-order valence-corrected chi connectivity index (χ1v) is 6.17. The molecule has 1 rings (SSSR count). The van der Waals surface area contributed by atoms with Gasteiger partial charge in [-0.1, -0.05) is 29.3 Å². The number of hydrogen-bond acceptors (Lipinski definition) is 2. The van der Waals surface area contributed by atoms with E-state index in [9.17, 15) is 9.90 Å². The molecule has 0 saturated carbocycles. The molecule has 0 atom stereocenters. The number of carbonyl (C=O) groups is 1. The maximum Gasteiger partial charge on any atom is 0.244 e. The molecule has 0 bridgehead atoms. The van der Waals surface area contributed by atoms with Crippen LogP contribution in [0.15, 0.2) is 24.3 Å². The summed E-state index contributed by atoms with van der Waals surface area (Å²) in [5.74, 6) is -0.289. The van der Waals surface area contributed by atoms with Gasteiger partial charge >= 0.3 is 0 Å². The number of halogens is 2. The van der Waals surface area contributed by atoms with Crippen LogP contribution in [0.5, 0.6) is 0 Å². The predicted molar refractivity (Wildman–Crippen MR) is 74.8 cm³/mol. The van der Waals surface area contributed by atoms with Crippen molar-refractivity contribution in [2.24, 2.45) is 0 Å². The number of amides is 1. The SMILES string of the molecule is CC(C)(O)CNC(=O)C=Cc1ccc(Cl)cc1Cl. The Bertz CT molecular complexity index is 465. The zero-order valence-electron chi connectivity index (χ0n) is 10.2. The maximum atomic E-state index is 11.5.